The van der Waals surface area contributed by atoms with Gasteiger partial charge in [0.05, 0.1) is 0 Å². The molecule has 7 heteroatoms. The Hall–Kier alpha value is -2.55. The van der Waals surface area contributed by atoms with E-state index in [1.807, 2.05) is 17.0 Å². The maximum absolute atomic E-state index is 12.5. The normalized spacial score (nSPS) is 13.1. The first-order valence-corrected chi connectivity index (χ1v) is 11.0. The fourth-order valence-electron chi connectivity index (χ4n) is 4.30. The van der Waals surface area contributed by atoms with Crippen LogP contribution in [-0.2, 0) is 24.3 Å². The van der Waals surface area contributed by atoms with E-state index in [4.69, 9.17) is 0 Å². The summed E-state index contributed by atoms with van der Waals surface area (Å²) in [7, 11) is 1.78. The number of carbonyl (C=O) groups is 1. The monoisotopic (exact) mass is 545 g/mol. The molecule has 4 rings (SSSR count). The topological polar surface area (TPSA) is 72.5 Å². The van der Waals surface area contributed by atoms with Crippen molar-refractivity contribution in [3.05, 3.63) is 70.9 Å². The molecule has 3 aromatic rings. The Morgan fingerprint density at radius 1 is 1.03 bits per heavy atom. The van der Waals surface area contributed by atoms with E-state index in [0.29, 0.717) is 6.42 Å². The van der Waals surface area contributed by atoms with Gasteiger partial charge < -0.3 is 20.5 Å². The van der Waals surface area contributed by atoms with E-state index in [1.54, 1.807) is 7.05 Å². The summed E-state index contributed by atoms with van der Waals surface area (Å²) in [5.74, 6) is 0.995. The van der Waals surface area contributed by atoms with Gasteiger partial charge in [0.15, 0.2) is 5.96 Å². The van der Waals surface area contributed by atoms with E-state index in [0.717, 1.165) is 45.0 Å². The van der Waals surface area contributed by atoms with Crippen LogP contribution in [0.4, 0.5) is 0 Å². The number of fused-ring (bicyclic) bond motifs is 2. The van der Waals surface area contributed by atoms with Crippen LogP contribution in [0, 0.1) is 6.92 Å². The third-order valence-corrected chi connectivity index (χ3v) is 5.97. The Kier molecular flexibility index (Phi) is 8.55. The molecule has 0 bridgehead atoms. The fourth-order valence-corrected chi connectivity index (χ4v) is 4.30. The highest BCUT2D eigenvalue weighted by Gasteiger charge is 2.22. The number of benzene rings is 2. The van der Waals surface area contributed by atoms with Crippen LogP contribution in [0.15, 0.2) is 53.5 Å². The van der Waals surface area contributed by atoms with Gasteiger partial charge in [-0.3, -0.25) is 9.79 Å². The molecule has 1 aliphatic rings. The number of H-pyrrole nitrogens is 1. The minimum atomic E-state index is 0. The standard InChI is InChI=1S/C25H31N5O.HI/c1-18-21(22-10-5-6-11-23(22)29-18)13-15-28-25(26-2)27-14-7-12-24(31)30-16-19-8-3-4-9-20(19)17-30;/h3-6,8-11,29H,7,12-17H2,1-2H3,(H2,26,27,28);1H. The Morgan fingerprint density at radius 3 is 2.41 bits per heavy atom. The maximum atomic E-state index is 12.5. The van der Waals surface area contributed by atoms with Gasteiger partial charge in [0, 0.05) is 56.2 Å². The van der Waals surface area contributed by atoms with Gasteiger partial charge in [-0.1, -0.05) is 42.5 Å². The number of carbonyl (C=O) groups excluding carboxylic acids is 1. The summed E-state index contributed by atoms with van der Waals surface area (Å²) < 4.78 is 0. The summed E-state index contributed by atoms with van der Waals surface area (Å²) in [6, 6.07) is 16.7. The van der Waals surface area contributed by atoms with Gasteiger partial charge in [-0.2, -0.15) is 0 Å². The molecule has 0 spiro atoms. The third kappa shape index (κ3) is 5.62. The molecule has 0 saturated carbocycles. The molecule has 0 saturated heterocycles. The molecule has 3 N–H and O–H groups in total. The lowest BCUT2D eigenvalue weighted by Crippen LogP contribution is -2.39. The predicted octanol–water partition coefficient (Wildman–Crippen LogP) is 4.12. The molecule has 0 atom stereocenters. The van der Waals surface area contributed by atoms with E-state index in [2.05, 4.69) is 63.9 Å². The average molecular weight is 545 g/mol. The minimum absolute atomic E-state index is 0. The smallest absolute Gasteiger partial charge is 0.223 e. The van der Waals surface area contributed by atoms with Crippen LogP contribution in [0.25, 0.3) is 10.9 Å². The molecule has 0 unspecified atom stereocenters. The maximum Gasteiger partial charge on any atom is 0.223 e. The lowest BCUT2D eigenvalue weighted by atomic mass is 10.1. The first kappa shape index (κ1) is 24.1. The zero-order valence-corrected chi connectivity index (χ0v) is 21.1. The number of halogens is 1. The van der Waals surface area contributed by atoms with Crippen molar-refractivity contribution in [3.63, 3.8) is 0 Å². The SMILES string of the molecule is CN=C(NCCCC(=O)N1Cc2ccccc2C1)NCCc1c(C)[nH]c2ccccc12.I. The number of aryl methyl sites for hydroxylation is 1. The predicted molar refractivity (Wildman–Crippen MR) is 141 cm³/mol. The van der Waals surface area contributed by atoms with Crippen LogP contribution in [0.5, 0.6) is 0 Å². The second-order valence-electron chi connectivity index (χ2n) is 8.07. The van der Waals surface area contributed by atoms with Crippen LogP contribution >= 0.6 is 24.0 Å². The number of hydrogen-bond donors (Lipinski definition) is 3. The molecule has 1 aliphatic heterocycles. The van der Waals surface area contributed by atoms with Crippen LogP contribution in [0.2, 0.25) is 0 Å². The van der Waals surface area contributed by atoms with Crippen molar-refractivity contribution in [1.82, 2.24) is 20.5 Å². The van der Waals surface area contributed by atoms with Crippen molar-refractivity contribution in [3.8, 4) is 0 Å². The molecule has 0 aliphatic carbocycles. The molecule has 170 valence electrons. The number of nitrogens with one attached hydrogen (secondary N) is 3. The molecule has 2 heterocycles. The first-order valence-electron chi connectivity index (χ1n) is 11.0. The Morgan fingerprint density at radius 2 is 1.69 bits per heavy atom. The molecule has 1 amide bonds. The second-order valence-corrected chi connectivity index (χ2v) is 8.07. The van der Waals surface area contributed by atoms with Gasteiger partial charge in [0.1, 0.15) is 0 Å². The van der Waals surface area contributed by atoms with Crippen molar-refractivity contribution in [2.24, 2.45) is 4.99 Å². The zero-order chi connectivity index (χ0) is 21.6. The van der Waals surface area contributed by atoms with E-state index in [1.165, 1.54) is 33.3 Å². The number of para-hydroxylation sites is 1. The van der Waals surface area contributed by atoms with Crippen molar-refractivity contribution < 1.29 is 4.79 Å². The fraction of sp³-hybridized carbons (Fsp3) is 0.360. The van der Waals surface area contributed by atoms with Crippen molar-refractivity contribution >= 4 is 46.7 Å². The summed E-state index contributed by atoms with van der Waals surface area (Å²) in [6.45, 7) is 5.11. The Bertz CT molecular complexity index is 1070. The van der Waals surface area contributed by atoms with Crippen LogP contribution in [0.1, 0.15) is 35.2 Å². The van der Waals surface area contributed by atoms with Gasteiger partial charge in [-0.05, 0) is 42.5 Å². The van der Waals surface area contributed by atoms with Gasteiger partial charge in [0.25, 0.3) is 0 Å². The molecular weight excluding hydrogens is 513 g/mol. The van der Waals surface area contributed by atoms with Crippen molar-refractivity contribution in [2.45, 2.75) is 39.3 Å². The third-order valence-electron chi connectivity index (χ3n) is 5.97. The summed E-state index contributed by atoms with van der Waals surface area (Å²) >= 11 is 0. The van der Waals surface area contributed by atoms with Crippen molar-refractivity contribution in [2.75, 3.05) is 20.1 Å². The largest absolute Gasteiger partial charge is 0.358 e. The highest BCUT2D eigenvalue weighted by molar-refractivity contribution is 14.0. The lowest BCUT2D eigenvalue weighted by molar-refractivity contribution is -0.131. The molecular formula is C25H32IN5O. The van der Waals surface area contributed by atoms with Gasteiger partial charge >= 0.3 is 0 Å². The van der Waals surface area contributed by atoms with E-state index in [-0.39, 0.29) is 29.9 Å². The summed E-state index contributed by atoms with van der Waals surface area (Å²) in [4.78, 5) is 22.2. The second kappa shape index (κ2) is 11.4. The quantitative estimate of drug-likeness (QED) is 0.181. The highest BCUT2D eigenvalue weighted by Crippen LogP contribution is 2.23. The van der Waals surface area contributed by atoms with Crippen LogP contribution < -0.4 is 10.6 Å². The van der Waals surface area contributed by atoms with Gasteiger partial charge in [-0.25, -0.2) is 0 Å². The number of guanidine groups is 1. The molecule has 1 aromatic heterocycles. The summed E-state index contributed by atoms with van der Waals surface area (Å²) in [5, 5.41) is 7.99. The zero-order valence-electron chi connectivity index (χ0n) is 18.8. The first-order chi connectivity index (χ1) is 15.2. The number of rotatable bonds is 7. The Labute approximate surface area is 206 Å². The van der Waals surface area contributed by atoms with Gasteiger partial charge in [0.2, 0.25) is 5.91 Å². The number of amides is 1. The number of aromatic nitrogens is 1. The van der Waals surface area contributed by atoms with Crippen molar-refractivity contribution in [1.29, 1.82) is 0 Å². The molecule has 32 heavy (non-hydrogen) atoms. The van der Waals surface area contributed by atoms with Gasteiger partial charge in [-0.15, -0.1) is 24.0 Å². The number of aromatic amines is 1. The molecule has 0 radical (unpaired) electrons. The van der Waals surface area contributed by atoms with E-state index < -0.39 is 0 Å². The minimum Gasteiger partial charge on any atom is -0.358 e. The molecule has 2 aromatic carbocycles. The number of nitrogens with zero attached hydrogens (tertiary/aromatic N) is 2. The number of aliphatic imine (C=N–C) groups is 1. The average Bonchev–Trinajstić information content (AvgIpc) is 3.36. The lowest BCUT2D eigenvalue weighted by Gasteiger charge is -2.16. The Balaban J connectivity index is 0.00000289. The van der Waals surface area contributed by atoms with E-state index >= 15 is 0 Å². The highest BCUT2D eigenvalue weighted by atomic mass is 127. The molecule has 6 nitrogen and oxygen atoms in total. The van der Waals surface area contributed by atoms with Crippen LogP contribution in [-0.4, -0.2) is 41.9 Å². The summed E-state index contributed by atoms with van der Waals surface area (Å²) in [5.41, 5.74) is 6.28. The number of hydrogen-bond acceptors (Lipinski definition) is 2. The summed E-state index contributed by atoms with van der Waals surface area (Å²) in [6.07, 6.45) is 2.25. The van der Waals surface area contributed by atoms with Crippen LogP contribution in [0.3, 0.4) is 0 Å². The molecule has 0 fully saturated rings. The van der Waals surface area contributed by atoms with E-state index in [9.17, 15) is 4.79 Å².